The number of nitrogens with one attached hydrogen (secondary N) is 1. The van der Waals surface area contributed by atoms with Gasteiger partial charge in [0.25, 0.3) is 0 Å². The van der Waals surface area contributed by atoms with Crippen molar-refractivity contribution >= 4 is 11.5 Å². The van der Waals surface area contributed by atoms with Crippen molar-refractivity contribution in [3.8, 4) is 11.4 Å². The molecule has 3 rings (SSSR count). The van der Waals surface area contributed by atoms with Crippen molar-refractivity contribution < 1.29 is 9.53 Å². The Balaban J connectivity index is 2.01. The molecular formula is C12H11N5O2. The maximum Gasteiger partial charge on any atom is 0.375 e. The van der Waals surface area contributed by atoms with Crippen LogP contribution in [0.4, 0.5) is 0 Å². The van der Waals surface area contributed by atoms with Crippen molar-refractivity contribution in [3.05, 3.63) is 36.4 Å². The average Bonchev–Trinajstić information content (AvgIpc) is 3.05. The van der Waals surface area contributed by atoms with Crippen LogP contribution in [0.3, 0.4) is 0 Å². The molecule has 0 atom stereocenters. The molecule has 19 heavy (non-hydrogen) atoms. The van der Waals surface area contributed by atoms with Gasteiger partial charge in [0.15, 0.2) is 5.82 Å². The number of aromatic nitrogens is 5. The standard InChI is InChI=1S/C12H11N5O2/c1-2-19-12(18)11-14-10(15-16-11)8-7-13-17-6-4-3-5-9(8)17/h3-7H,2H2,1H3,(H,14,15,16). The lowest BCUT2D eigenvalue weighted by Gasteiger charge is -1.95. The lowest BCUT2D eigenvalue weighted by molar-refractivity contribution is 0.0512. The smallest absolute Gasteiger partial charge is 0.375 e. The van der Waals surface area contributed by atoms with Crippen LogP contribution in [0.5, 0.6) is 0 Å². The van der Waals surface area contributed by atoms with Crippen LogP contribution in [0.15, 0.2) is 30.6 Å². The zero-order valence-corrected chi connectivity index (χ0v) is 10.2. The third-order valence-electron chi connectivity index (χ3n) is 2.62. The number of pyridine rings is 1. The Bertz CT molecular complexity index is 730. The first-order valence-corrected chi connectivity index (χ1v) is 5.82. The second-order valence-corrected chi connectivity index (χ2v) is 3.82. The highest BCUT2D eigenvalue weighted by atomic mass is 16.5. The van der Waals surface area contributed by atoms with Crippen LogP contribution in [0, 0.1) is 0 Å². The number of hydrogen-bond acceptors (Lipinski definition) is 5. The predicted octanol–water partition coefficient (Wildman–Crippen LogP) is 1.30. The maximum atomic E-state index is 11.5. The van der Waals surface area contributed by atoms with E-state index in [-0.39, 0.29) is 5.82 Å². The van der Waals surface area contributed by atoms with Crippen LogP contribution < -0.4 is 0 Å². The summed E-state index contributed by atoms with van der Waals surface area (Å²) in [6.45, 7) is 2.03. The zero-order chi connectivity index (χ0) is 13.2. The van der Waals surface area contributed by atoms with Crippen molar-refractivity contribution in [3.63, 3.8) is 0 Å². The number of rotatable bonds is 3. The minimum Gasteiger partial charge on any atom is -0.460 e. The van der Waals surface area contributed by atoms with E-state index in [1.165, 1.54) is 0 Å². The van der Waals surface area contributed by atoms with Crippen molar-refractivity contribution in [1.29, 1.82) is 0 Å². The molecule has 0 fully saturated rings. The van der Waals surface area contributed by atoms with Gasteiger partial charge in [0, 0.05) is 6.20 Å². The van der Waals surface area contributed by atoms with E-state index in [2.05, 4.69) is 20.3 Å². The molecule has 0 unspecified atom stereocenters. The molecule has 0 aliphatic carbocycles. The molecule has 0 saturated heterocycles. The second kappa shape index (κ2) is 4.52. The third kappa shape index (κ3) is 1.95. The highest BCUT2D eigenvalue weighted by molar-refractivity contribution is 5.86. The Morgan fingerprint density at radius 2 is 2.37 bits per heavy atom. The Kier molecular flexibility index (Phi) is 2.71. The minimum absolute atomic E-state index is 0.0899. The van der Waals surface area contributed by atoms with Crippen molar-refractivity contribution in [2.75, 3.05) is 6.61 Å². The molecule has 96 valence electrons. The monoisotopic (exact) mass is 257 g/mol. The third-order valence-corrected chi connectivity index (χ3v) is 2.62. The van der Waals surface area contributed by atoms with E-state index in [0.717, 1.165) is 11.1 Å². The number of carbonyl (C=O) groups is 1. The quantitative estimate of drug-likeness (QED) is 0.715. The van der Waals surface area contributed by atoms with Gasteiger partial charge in [0.05, 0.1) is 23.9 Å². The van der Waals surface area contributed by atoms with E-state index in [0.29, 0.717) is 12.4 Å². The van der Waals surface area contributed by atoms with Gasteiger partial charge in [-0.15, -0.1) is 0 Å². The average molecular weight is 257 g/mol. The highest BCUT2D eigenvalue weighted by Crippen LogP contribution is 2.20. The molecule has 0 spiro atoms. The molecule has 0 aliphatic heterocycles. The molecule has 0 aliphatic rings. The van der Waals surface area contributed by atoms with Crippen LogP contribution in [0.2, 0.25) is 0 Å². The van der Waals surface area contributed by atoms with Crippen LogP contribution in [-0.4, -0.2) is 37.4 Å². The zero-order valence-electron chi connectivity index (χ0n) is 10.2. The van der Waals surface area contributed by atoms with Crippen LogP contribution in [0.1, 0.15) is 17.5 Å². The summed E-state index contributed by atoms with van der Waals surface area (Å²) in [5.41, 5.74) is 1.63. The number of nitrogens with zero attached hydrogens (tertiary/aromatic N) is 4. The van der Waals surface area contributed by atoms with Gasteiger partial charge in [-0.2, -0.15) is 10.2 Å². The summed E-state index contributed by atoms with van der Waals surface area (Å²) in [7, 11) is 0. The van der Waals surface area contributed by atoms with Gasteiger partial charge >= 0.3 is 5.97 Å². The van der Waals surface area contributed by atoms with E-state index in [1.807, 2.05) is 24.4 Å². The van der Waals surface area contributed by atoms with E-state index in [4.69, 9.17) is 4.74 Å². The highest BCUT2D eigenvalue weighted by Gasteiger charge is 2.16. The van der Waals surface area contributed by atoms with Crippen LogP contribution in [0.25, 0.3) is 16.9 Å². The fourth-order valence-electron chi connectivity index (χ4n) is 1.78. The SMILES string of the molecule is CCOC(=O)c1nc(-c2cnn3ccccc23)n[nH]1. The van der Waals surface area contributed by atoms with Gasteiger partial charge < -0.3 is 4.74 Å². The first kappa shape index (κ1) is 11.4. The van der Waals surface area contributed by atoms with E-state index in [1.54, 1.807) is 17.6 Å². The Morgan fingerprint density at radius 1 is 1.47 bits per heavy atom. The normalized spacial score (nSPS) is 10.8. The molecule has 0 bridgehead atoms. The molecule has 3 aromatic heterocycles. The summed E-state index contributed by atoms with van der Waals surface area (Å²) in [6, 6.07) is 5.69. The second-order valence-electron chi connectivity index (χ2n) is 3.82. The number of fused-ring (bicyclic) bond motifs is 1. The number of carbonyl (C=O) groups excluding carboxylic acids is 1. The number of aromatic amines is 1. The fraction of sp³-hybridized carbons (Fsp3) is 0.167. The summed E-state index contributed by atoms with van der Waals surface area (Å²) >= 11 is 0. The van der Waals surface area contributed by atoms with Gasteiger partial charge in [-0.25, -0.2) is 14.3 Å². The summed E-state index contributed by atoms with van der Waals surface area (Å²) in [5, 5.41) is 10.8. The topological polar surface area (TPSA) is 85.2 Å². The van der Waals surface area contributed by atoms with E-state index >= 15 is 0 Å². The van der Waals surface area contributed by atoms with Crippen molar-refractivity contribution in [2.24, 2.45) is 0 Å². The Hall–Kier alpha value is -2.70. The molecule has 0 amide bonds. The molecule has 1 N–H and O–H groups in total. The van der Waals surface area contributed by atoms with Crippen molar-refractivity contribution in [2.45, 2.75) is 6.92 Å². The summed E-state index contributed by atoms with van der Waals surface area (Å²) in [4.78, 5) is 15.6. The molecular weight excluding hydrogens is 246 g/mol. The van der Waals surface area contributed by atoms with Gasteiger partial charge in [-0.05, 0) is 19.1 Å². The first-order valence-electron chi connectivity index (χ1n) is 5.82. The number of hydrogen-bond donors (Lipinski definition) is 1. The van der Waals surface area contributed by atoms with Crippen LogP contribution >= 0.6 is 0 Å². The molecule has 7 heteroatoms. The fourth-order valence-corrected chi connectivity index (χ4v) is 1.78. The predicted molar refractivity (Wildman–Crippen MR) is 66.5 cm³/mol. The molecule has 0 aromatic carbocycles. The lowest BCUT2D eigenvalue weighted by Crippen LogP contribution is -2.06. The molecule has 3 aromatic rings. The summed E-state index contributed by atoms with van der Waals surface area (Å²) in [6.07, 6.45) is 3.49. The van der Waals surface area contributed by atoms with E-state index < -0.39 is 5.97 Å². The number of ether oxygens (including phenoxy) is 1. The summed E-state index contributed by atoms with van der Waals surface area (Å²) < 4.78 is 6.57. The molecule has 7 nitrogen and oxygen atoms in total. The number of esters is 1. The molecule has 0 radical (unpaired) electrons. The minimum atomic E-state index is -0.516. The Labute approximate surface area is 108 Å². The first-order chi connectivity index (χ1) is 9.29. The van der Waals surface area contributed by atoms with Gasteiger partial charge in [0.2, 0.25) is 5.82 Å². The van der Waals surface area contributed by atoms with Gasteiger partial charge in [-0.3, -0.25) is 5.10 Å². The molecule has 0 saturated carbocycles. The number of H-pyrrole nitrogens is 1. The largest absolute Gasteiger partial charge is 0.460 e. The molecule has 3 heterocycles. The van der Waals surface area contributed by atoms with E-state index in [9.17, 15) is 4.79 Å². The lowest BCUT2D eigenvalue weighted by atomic mass is 10.2. The van der Waals surface area contributed by atoms with Crippen molar-refractivity contribution in [1.82, 2.24) is 24.8 Å². The summed E-state index contributed by atoms with van der Waals surface area (Å²) in [5.74, 6) is -0.00546. The van der Waals surface area contributed by atoms with Crippen LogP contribution in [-0.2, 0) is 4.74 Å². The van der Waals surface area contributed by atoms with Gasteiger partial charge in [0.1, 0.15) is 0 Å². The maximum absolute atomic E-state index is 11.5. The Morgan fingerprint density at radius 3 is 3.21 bits per heavy atom. The van der Waals surface area contributed by atoms with Gasteiger partial charge in [-0.1, -0.05) is 6.07 Å².